The summed E-state index contributed by atoms with van der Waals surface area (Å²) in [7, 11) is 1.44. The maximum absolute atomic E-state index is 11.9. The Hall–Kier alpha value is -2.24. The molecular weight excluding hydrogens is 227 g/mol. The molecule has 6 nitrogen and oxygen atoms in total. The van der Waals surface area contributed by atoms with Gasteiger partial charge in [0.15, 0.2) is 5.82 Å². The van der Waals surface area contributed by atoms with Gasteiger partial charge < -0.3 is 10.6 Å². The van der Waals surface area contributed by atoms with Gasteiger partial charge >= 0.3 is 12.1 Å². The second-order valence-corrected chi connectivity index (χ2v) is 2.64. The molecule has 1 heterocycles. The van der Waals surface area contributed by atoms with E-state index < -0.39 is 17.9 Å². The van der Waals surface area contributed by atoms with Crippen molar-refractivity contribution in [3.63, 3.8) is 0 Å². The lowest BCUT2D eigenvalue weighted by Crippen LogP contribution is -2.30. The highest BCUT2D eigenvalue weighted by Crippen LogP contribution is 2.22. The standard InChI is InChI=1S/C7H6F3N5O/c1-12-4-3(2-11)5(15-14-4)13-6(16)7(8,9)10/h1H3,(H3,12,13,14,15,16). The lowest BCUT2D eigenvalue weighted by Gasteiger charge is -2.05. The van der Waals surface area contributed by atoms with Gasteiger partial charge in [-0.3, -0.25) is 9.89 Å². The minimum atomic E-state index is -5.02. The Kier molecular flexibility index (Phi) is 3.03. The van der Waals surface area contributed by atoms with Crippen molar-refractivity contribution >= 4 is 17.5 Å². The predicted octanol–water partition coefficient (Wildman–Crippen LogP) is 0.824. The summed E-state index contributed by atoms with van der Waals surface area (Å²) in [5, 5.41) is 18.3. The lowest BCUT2D eigenvalue weighted by atomic mass is 10.3. The van der Waals surface area contributed by atoms with E-state index >= 15 is 0 Å². The Morgan fingerprint density at radius 1 is 1.56 bits per heavy atom. The molecular formula is C7H6F3N5O. The van der Waals surface area contributed by atoms with Gasteiger partial charge in [-0.1, -0.05) is 0 Å². The summed E-state index contributed by atoms with van der Waals surface area (Å²) in [6.07, 6.45) is -5.02. The van der Waals surface area contributed by atoms with Crippen LogP contribution in [0, 0.1) is 11.3 Å². The van der Waals surface area contributed by atoms with Crippen LogP contribution in [0.2, 0.25) is 0 Å². The van der Waals surface area contributed by atoms with Crippen LogP contribution in [-0.4, -0.2) is 29.3 Å². The van der Waals surface area contributed by atoms with E-state index in [0.717, 1.165) is 0 Å². The van der Waals surface area contributed by atoms with Crippen molar-refractivity contribution in [3.05, 3.63) is 5.56 Å². The van der Waals surface area contributed by atoms with Crippen LogP contribution in [0.25, 0.3) is 0 Å². The van der Waals surface area contributed by atoms with Gasteiger partial charge in [-0.05, 0) is 0 Å². The highest BCUT2D eigenvalue weighted by atomic mass is 19.4. The van der Waals surface area contributed by atoms with Crippen LogP contribution in [0.4, 0.5) is 24.8 Å². The number of rotatable bonds is 2. The molecule has 0 aliphatic rings. The van der Waals surface area contributed by atoms with Crippen LogP contribution in [-0.2, 0) is 4.79 Å². The van der Waals surface area contributed by atoms with E-state index in [-0.39, 0.29) is 11.4 Å². The molecule has 0 aliphatic carbocycles. The fourth-order valence-electron chi connectivity index (χ4n) is 0.907. The molecule has 16 heavy (non-hydrogen) atoms. The molecule has 0 aromatic carbocycles. The van der Waals surface area contributed by atoms with Crippen LogP contribution >= 0.6 is 0 Å². The SMILES string of the molecule is CNc1n[nH]c(NC(=O)C(F)(F)F)c1C#N. The Morgan fingerprint density at radius 3 is 2.62 bits per heavy atom. The molecule has 3 N–H and O–H groups in total. The number of aromatic nitrogens is 2. The van der Waals surface area contributed by atoms with Crippen molar-refractivity contribution in [1.82, 2.24) is 10.2 Å². The number of hydrogen-bond acceptors (Lipinski definition) is 4. The number of aromatic amines is 1. The number of hydrogen-bond donors (Lipinski definition) is 3. The first-order chi connectivity index (χ1) is 7.40. The molecule has 1 aromatic rings. The zero-order valence-corrected chi connectivity index (χ0v) is 7.94. The molecule has 1 aromatic heterocycles. The lowest BCUT2D eigenvalue weighted by molar-refractivity contribution is -0.167. The topological polar surface area (TPSA) is 93.6 Å². The summed E-state index contributed by atoms with van der Waals surface area (Å²) < 4.78 is 35.7. The van der Waals surface area contributed by atoms with E-state index in [1.165, 1.54) is 12.4 Å². The second kappa shape index (κ2) is 4.09. The van der Waals surface area contributed by atoms with Crippen LogP contribution in [0.1, 0.15) is 5.56 Å². The minimum Gasteiger partial charge on any atom is -0.371 e. The average Bonchev–Trinajstić information content (AvgIpc) is 2.58. The van der Waals surface area contributed by atoms with E-state index in [0.29, 0.717) is 0 Å². The summed E-state index contributed by atoms with van der Waals surface area (Å²) in [5.41, 5.74) is -0.194. The van der Waals surface area contributed by atoms with E-state index in [1.807, 2.05) is 0 Å². The fourth-order valence-corrected chi connectivity index (χ4v) is 0.907. The molecule has 0 aliphatic heterocycles. The molecule has 9 heteroatoms. The van der Waals surface area contributed by atoms with E-state index in [1.54, 1.807) is 6.07 Å². The number of carbonyl (C=O) groups excluding carboxylic acids is 1. The number of nitriles is 1. The third-order valence-corrected chi connectivity index (χ3v) is 1.61. The Bertz CT molecular complexity index is 444. The van der Waals surface area contributed by atoms with Crippen molar-refractivity contribution in [2.45, 2.75) is 6.18 Å². The van der Waals surface area contributed by atoms with Gasteiger partial charge in [-0.2, -0.15) is 23.5 Å². The summed E-state index contributed by atoms with van der Waals surface area (Å²) in [4.78, 5) is 10.6. The predicted molar refractivity (Wildman–Crippen MR) is 47.5 cm³/mol. The van der Waals surface area contributed by atoms with Crippen molar-refractivity contribution in [3.8, 4) is 6.07 Å². The highest BCUT2D eigenvalue weighted by Gasteiger charge is 2.39. The normalized spacial score (nSPS) is 10.7. The number of H-pyrrole nitrogens is 1. The zero-order valence-electron chi connectivity index (χ0n) is 7.94. The molecule has 0 atom stereocenters. The molecule has 0 radical (unpaired) electrons. The van der Waals surface area contributed by atoms with Crippen molar-refractivity contribution in [2.24, 2.45) is 0 Å². The first-order valence-electron chi connectivity index (χ1n) is 3.94. The van der Waals surface area contributed by atoms with Crippen LogP contribution in [0.3, 0.4) is 0 Å². The van der Waals surface area contributed by atoms with Gasteiger partial charge in [-0.15, -0.1) is 0 Å². The van der Waals surface area contributed by atoms with Gasteiger partial charge in [0, 0.05) is 7.05 Å². The summed E-state index contributed by atoms with van der Waals surface area (Å²) in [5.74, 6) is -2.51. The summed E-state index contributed by atoms with van der Waals surface area (Å²) in [6, 6.07) is 1.61. The smallest absolute Gasteiger partial charge is 0.371 e. The molecule has 1 rings (SSSR count). The third kappa shape index (κ3) is 2.22. The fraction of sp³-hybridized carbons (Fsp3) is 0.286. The Balaban J connectivity index is 2.96. The minimum absolute atomic E-state index is 0.0555. The number of nitrogens with zero attached hydrogens (tertiary/aromatic N) is 2. The van der Waals surface area contributed by atoms with Gasteiger partial charge in [-0.25, -0.2) is 0 Å². The average molecular weight is 233 g/mol. The Morgan fingerprint density at radius 2 is 2.19 bits per heavy atom. The molecule has 86 valence electrons. The van der Waals surface area contributed by atoms with Gasteiger partial charge in [0.25, 0.3) is 0 Å². The first kappa shape index (κ1) is 11.8. The zero-order chi connectivity index (χ0) is 12.3. The third-order valence-electron chi connectivity index (χ3n) is 1.61. The molecule has 0 fully saturated rings. The Labute approximate surface area is 87.4 Å². The number of carbonyl (C=O) groups is 1. The summed E-state index contributed by atoms with van der Waals surface area (Å²) in [6.45, 7) is 0. The second-order valence-electron chi connectivity index (χ2n) is 2.64. The maximum atomic E-state index is 11.9. The quantitative estimate of drug-likeness (QED) is 0.705. The molecule has 0 spiro atoms. The number of alkyl halides is 3. The number of amides is 1. The first-order valence-corrected chi connectivity index (χ1v) is 3.94. The molecule has 0 saturated carbocycles. The van der Waals surface area contributed by atoms with E-state index in [2.05, 4.69) is 15.5 Å². The molecule has 0 bridgehead atoms. The van der Waals surface area contributed by atoms with Gasteiger partial charge in [0.1, 0.15) is 17.5 Å². The van der Waals surface area contributed by atoms with Gasteiger partial charge in [0.05, 0.1) is 0 Å². The largest absolute Gasteiger partial charge is 0.471 e. The van der Waals surface area contributed by atoms with Crippen molar-refractivity contribution in [1.29, 1.82) is 5.26 Å². The number of halogens is 3. The molecule has 0 saturated heterocycles. The number of anilines is 2. The van der Waals surface area contributed by atoms with Gasteiger partial charge in [0.2, 0.25) is 0 Å². The van der Waals surface area contributed by atoms with Crippen molar-refractivity contribution < 1.29 is 18.0 Å². The van der Waals surface area contributed by atoms with Crippen LogP contribution in [0.5, 0.6) is 0 Å². The van der Waals surface area contributed by atoms with Crippen molar-refractivity contribution in [2.75, 3.05) is 17.7 Å². The highest BCUT2D eigenvalue weighted by molar-refractivity contribution is 5.95. The van der Waals surface area contributed by atoms with E-state index in [9.17, 15) is 18.0 Å². The van der Waals surface area contributed by atoms with Crippen LogP contribution < -0.4 is 10.6 Å². The van der Waals surface area contributed by atoms with Crippen LogP contribution in [0.15, 0.2) is 0 Å². The molecule has 0 unspecified atom stereocenters. The molecule has 1 amide bonds. The maximum Gasteiger partial charge on any atom is 0.471 e. The summed E-state index contributed by atoms with van der Waals surface area (Å²) >= 11 is 0. The van der Waals surface area contributed by atoms with E-state index in [4.69, 9.17) is 5.26 Å². The monoisotopic (exact) mass is 233 g/mol. The number of nitrogens with one attached hydrogen (secondary N) is 3.